The highest BCUT2D eigenvalue weighted by atomic mass is 16.6. The first kappa shape index (κ1) is 23.9. The summed E-state index contributed by atoms with van der Waals surface area (Å²) in [6, 6.07) is 0. The van der Waals surface area contributed by atoms with E-state index < -0.39 is 12.1 Å². The Hall–Kier alpha value is -1.06. The molecule has 0 bridgehead atoms. The monoisotopic (exact) mass is 356 g/mol. The molecule has 0 heterocycles. The highest BCUT2D eigenvalue weighted by Gasteiger charge is 2.19. The van der Waals surface area contributed by atoms with Crippen LogP contribution in [0.5, 0.6) is 0 Å². The Morgan fingerprint density at radius 1 is 0.720 bits per heavy atom. The van der Waals surface area contributed by atoms with Crippen LogP contribution in [0.25, 0.3) is 0 Å². The molecule has 1 unspecified atom stereocenters. The lowest BCUT2D eigenvalue weighted by Crippen LogP contribution is -2.26. The molecule has 0 spiro atoms. The Morgan fingerprint density at radius 3 is 1.48 bits per heavy atom. The lowest BCUT2D eigenvalue weighted by molar-refractivity contribution is -0.164. The molecule has 0 saturated carbocycles. The molecule has 0 amide bonds. The Bertz CT molecular complexity index is 328. The quantitative estimate of drug-likeness (QED) is 0.232. The van der Waals surface area contributed by atoms with Gasteiger partial charge >= 0.3 is 11.9 Å². The SMILES string of the molecule is CCCCCCCCCCCCCCCCC(=O)OC(CC)C(=O)O. The summed E-state index contributed by atoms with van der Waals surface area (Å²) >= 11 is 0. The second kappa shape index (κ2) is 17.8. The lowest BCUT2D eigenvalue weighted by atomic mass is 10.0. The van der Waals surface area contributed by atoms with Gasteiger partial charge in [-0.05, 0) is 12.8 Å². The summed E-state index contributed by atoms with van der Waals surface area (Å²) in [6.45, 7) is 3.96. The van der Waals surface area contributed by atoms with Gasteiger partial charge < -0.3 is 9.84 Å². The molecule has 0 radical (unpaired) electrons. The predicted octanol–water partition coefficient (Wildman–Crippen LogP) is 6.26. The van der Waals surface area contributed by atoms with E-state index >= 15 is 0 Å². The van der Waals surface area contributed by atoms with Crippen molar-refractivity contribution in [2.24, 2.45) is 0 Å². The summed E-state index contributed by atoms with van der Waals surface area (Å²) < 4.78 is 4.94. The van der Waals surface area contributed by atoms with Gasteiger partial charge in [0.2, 0.25) is 0 Å². The Labute approximate surface area is 154 Å². The summed E-state index contributed by atoms with van der Waals surface area (Å²) in [6.07, 6.45) is 17.5. The molecule has 0 rings (SSSR count). The third kappa shape index (κ3) is 16.2. The van der Waals surface area contributed by atoms with Crippen molar-refractivity contribution >= 4 is 11.9 Å². The third-order valence-corrected chi connectivity index (χ3v) is 4.65. The first-order valence-electron chi connectivity index (χ1n) is 10.5. The van der Waals surface area contributed by atoms with Crippen LogP contribution in [0.3, 0.4) is 0 Å². The number of ether oxygens (including phenoxy) is 1. The maximum atomic E-state index is 11.5. The minimum atomic E-state index is -1.06. The number of hydrogen-bond acceptors (Lipinski definition) is 3. The molecule has 4 nitrogen and oxygen atoms in total. The van der Waals surface area contributed by atoms with E-state index in [0.717, 1.165) is 19.3 Å². The Morgan fingerprint density at radius 2 is 1.12 bits per heavy atom. The number of carboxylic acids is 1. The van der Waals surface area contributed by atoms with Crippen molar-refractivity contribution in [2.45, 2.75) is 123 Å². The van der Waals surface area contributed by atoms with Crippen LogP contribution >= 0.6 is 0 Å². The first-order chi connectivity index (χ1) is 12.1. The highest BCUT2D eigenvalue weighted by Crippen LogP contribution is 2.13. The summed E-state index contributed by atoms with van der Waals surface area (Å²) in [5, 5.41) is 8.84. The van der Waals surface area contributed by atoms with E-state index in [0.29, 0.717) is 12.8 Å². The van der Waals surface area contributed by atoms with Crippen molar-refractivity contribution in [3.05, 3.63) is 0 Å². The smallest absolute Gasteiger partial charge is 0.345 e. The number of carbonyl (C=O) groups excluding carboxylic acids is 1. The number of hydrogen-bond donors (Lipinski definition) is 1. The van der Waals surface area contributed by atoms with E-state index in [9.17, 15) is 9.59 Å². The number of carbonyl (C=O) groups is 2. The number of esters is 1. The topological polar surface area (TPSA) is 63.6 Å². The molecule has 1 N–H and O–H groups in total. The second-order valence-corrected chi connectivity index (χ2v) is 7.07. The third-order valence-electron chi connectivity index (χ3n) is 4.65. The molecule has 0 aromatic heterocycles. The summed E-state index contributed by atoms with van der Waals surface area (Å²) in [4.78, 5) is 22.3. The maximum absolute atomic E-state index is 11.5. The second-order valence-electron chi connectivity index (χ2n) is 7.07. The van der Waals surface area contributed by atoms with Crippen molar-refractivity contribution in [3.63, 3.8) is 0 Å². The standard InChI is InChI=1S/C21H40O4/c1-3-5-6-7-8-9-10-11-12-13-14-15-16-17-18-20(22)25-19(4-2)21(23)24/h19H,3-18H2,1-2H3,(H,23,24). The number of unbranched alkanes of at least 4 members (excludes halogenated alkanes) is 13. The van der Waals surface area contributed by atoms with E-state index in [1.807, 2.05) is 0 Å². The van der Waals surface area contributed by atoms with Crippen LogP contribution in [-0.4, -0.2) is 23.1 Å². The zero-order valence-corrected chi connectivity index (χ0v) is 16.6. The first-order valence-corrected chi connectivity index (χ1v) is 10.5. The van der Waals surface area contributed by atoms with Crippen LogP contribution in [-0.2, 0) is 14.3 Å². The molecule has 0 aliphatic carbocycles. The fraction of sp³-hybridized carbons (Fsp3) is 0.905. The molecule has 25 heavy (non-hydrogen) atoms. The van der Waals surface area contributed by atoms with Crippen LogP contribution in [0.1, 0.15) is 117 Å². The van der Waals surface area contributed by atoms with Gasteiger partial charge in [0.25, 0.3) is 0 Å². The molecule has 0 aromatic carbocycles. The van der Waals surface area contributed by atoms with E-state index in [1.165, 1.54) is 70.6 Å². The largest absolute Gasteiger partial charge is 0.479 e. The van der Waals surface area contributed by atoms with Gasteiger partial charge in [-0.15, -0.1) is 0 Å². The molecular formula is C21H40O4. The fourth-order valence-electron chi connectivity index (χ4n) is 2.99. The predicted molar refractivity (Wildman–Crippen MR) is 103 cm³/mol. The summed E-state index contributed by atoms with van der Waals surface area (Å²) in [5.41, 5.74) is 0. The number of aliphatic carboxylic acids is 1. The Kier molecular flexibility index (Phi) is 17.0. The van der Waals surface area contributed by atoms with E-state index in [1.54, 1.807) is 6.92 Å². The minimum absolute atomic E-state index is 0.319. The molecule has 0 aliphatic rings. The zero-order chi connectivity index (χ0) is 18.8. The minimum Gasteiger partial charge on any atom is -0.479 e. The van der Waals surface area contributed by atoms with Gasteiger partial charge in [-0.3, -0.25) is 4.79 Å². The van der Waals surface area contributed by atoms with Gasteiger partial charge in [0.15, 0.2) is 6.10 Å². The van der Waals surface area contributed by atoms with Gasteiger partial charge in [-0.2, -0.15) is 0 Å². The molecule has 0 aliphatic heterocycles. The molecule has 0 aromatic rings. The van der Waals surface area contributed by atoms with Gasteiger partial charge in [0, 0.05) is 6.42 Å². The highest BCUT2D eigenvalue weighted by molar-refractivity contribution is 5.77. The van der Waals surface area contributed by atoms with Gasteiger partial charge in [-0.1, -0.05) is 97.3 Å². The van der Waals surface area contributed by atoms with Gasteiger partial charge in [0.1, 0.15) is 0 Å². The normalized spacial score (nSPS) is 12.1. The van der Waals surface area contributed by atoms with Crippen LogP contribution < -0.4 is 0 Å². The average Bonchev–Trinajstić information content (AvgIpc) is 2.59. The van der Waals surface area contributed by atoms with Crippen LogP contribution in [0.2, 0.25) is 0 Å². The van der Waals surface area contributed by atoms with E-state index in [-0.39, 0.29) is 5.97 Å². The molecule has 4 heteroatoms. The lowest BCUT2D eigenvalue weighted by Gasteiger charge is -2.11. The Balaban J connectivity index is 3.28. The molecule has 0 saturated heterocycles. The van der Waals surface area contributed by atoms with Crippen molar-refractivity contribution in [1.29, 1.82) is 0 Å². The van der Waals surface area contributed by atoms with Crippen LogP contribution in [0, 0.1) is 0 Å². The van der Waals surface area contributed by atoms with Crippen molar-refractivity contribution in [1.82, 2.24) is 0 Å². The number of rotatable bonds is 18. The molecule has 0 fully saturated rings. The summed E-state index contributed by atoms with van der Waals surface area (Å²) in [7, 11) is 0. The van der Waals surface area contributed by atoms with Gasteiger partial charge in [0.05, 0.1) is 0 Å². The van der Waals surface area contributed by atoms with Gasteiger partial charge in [-0.25, -0.2) is 4.79 Å². The van der Waals surface area contributed by atoms with E-state index in [4.69, 9.17) is 9.84 Å². The number of carboxylic acid groups (broad SMARTS) is 1. The van der Waals surface area contributed by atoms with E-state index in [2.05, 4.69) is 6.92 Å². The molecular weight excluding hydrogens is 316 g/mol. The maximum Gasteiger partial charge on any atom is 0.345 e. The molecule has 148 valence electrons. The fourth-order valence-corrected chi connectivity index (χ4v) is 2.99. The summed E-state index contributed by atoms with van der Waals surface area (Å²) in [5.74, 6) is -1.44. The van der Waals surface area contributed by atoms with Crippen LogP contribution in [0.15, 0.2) is 0 Å². The van der Waals surface area contributed by atoms with Crippen LogP contribution in [0.4, 0.5) is 0 Å². The van der Waals surface area contributed by atoms with Crippen molar-refractivity contribution in [3.8, 4) is 0 Å². The van der Waals surface area contributed by atoms with Crippen molar-refractivity contribution < 1.29 is 19.4 Å². The van der Waals surface area contributed by atoms with Crippen molar-refractivity contribution in [2.75, 3.05) is 0 Å². The molecule has 1 atom stereocenters. The zero-order valence-electron chi connectivity index (χ0n) is 16.6. The average molecular weight is 357 g/mol.